The van der Waals surface area contributed by atoms with Crippen LogP contribution in [0, 0.1) is 5.92 Å². The summed E-state index contributed by atoms with van der Waals surface area (Å²) in [4.78, 5) is 1.56. The number of nitrogens with two attached hydrogens (primary N) is 1. The lowest BCUT2D eigenvalue weighted by molar-refractivity contribution is 0.573. The van der Waals surface area contributed by atoms with E-state index < -0.39 is 0 Å². The quantitative estimate of drug-likeness (QED) is 0.868. The third kappa shape index (κ3) is 1.96. The van der Waals surface area contributed by atoms with Gasteiger partial charge in [-0.1, -0.05) is 30.3 Å². The van der Waals surface area contributed by atoms with Gasteiger partial charge < -0.3 is 5.73 Å². The summed E-state index contributed by atoms with van der Waals surface area (Å²) in [5.41, 5.74) is 8.51. The van der Waals surface area contributed by atoms with E-state index in [9.17, 15) is 0 Å². The van der Waals surface area contributed by atoms with Crippen LogP contribution in [-0.4, -0.2) is 15.0 Å². The predicted molar refractivity (Wildman–Crippen MR) is 65.2 cm³/mol. The zero-order valence-corrected chi connectivity index (χ0v) is 9.82. The Bertz CT molecular complexity index is 505. The first-order chi connectivity index (χ1) is 8.25. The van der Waals surface area contributed by atoms with E-state index in [1.165, 1.54) is 5.56 Å². The average molecular weight is 228 g/mol. The monoisotopic (exact) mass is 228 g/mol. The fourth-order valence-electron chi connectivity index (χ4n) is 2.43. The molecule has 3 unspecified atom stereocenters. The molecular formula is C13H16N4. The van der Waals surface area contributed by atoms with Gasteiger partial charge >= 0.3 is 0 Å². The molecule has 1 aliphatic carbocycles. The number of hydrogen-bond acceptors (Lipinski definition) is 3. The zero-order valence-electron chi connectivity index (χ0n) is 9.82. The van der Waals surface area contributed by atoms with E-state index in [0.29, 0.717) is 11.8 Å². The number of aromatic nitrogens is 3. The lowest BCUT2D eigenvalue weighted by Crippen LogP contribution is -2.14. The lowest BCUT2D eigenvalue weighted by Gasteiger charge is -2.07. The highest BCUT2D eigenvalue weighted by Gasteiger charge is 2.43. The molecule has 0 bridgehead atoms. The maximum absolute atomic E-state index is 6.23. The molecule has 0 aliphatic heterocycles. The molecule has 1 saturated carbocycles. The van der Waals surface area contributed by atoms with Gasteiger partial charge in [-0.2, -0.15) is 15.0 Å². The van der Waals surface area contributed by atoms with Gasteiger partial charge in [0.15, 0.2) is 0 Å². The molecule has 17 heavy (non-hydrogen) atoms. The SMILES string of the molecule is Cn1ncc(C(N)C2CC2c2ccccc2)n1. The fraction of sp³-hybridized carbons (Fsp3) is 0.385. The second-order valence-electron chi connectivity index (χ2n) is 4.70. The Hall–Kier alpha value is -1.68. The van der Waals surface area contributed by atoms with Crippen molar-refractivity contribution in [1.82, 2.24) is 15.0 Å². The minimum atomic E-state index is 0.00825. The maximum Gasteiger partial charge on any atom is 0.0997 e. The molecule has 1 aliphatic rings. The van der Waals surface area contributed by atoms with Crippen molar-refractivity contribution in [3.8, 4) is 0 Å². The van der Waals surface area contributed by atoms with Crippen LogP contribution in [0.25, 0.3) is 0 Å². The highest BCUT2D eigenvalue weighted by atomic mass is 15.4. The highest BCUT2D eigenvalue weighted by Crippen LogP contribution is 2.52. The molecule has 3 atom stereocenters. The van der Waals surface area contributed by atoms with Gasteiger partial charge in [0, 0.05) is 7.05 Å². The molecule has 1 aromatic carbocycles. The van der Waals surface area contributed by atoms with Crippen LogP contribution in [0.2, 0.25) is 0 Å². The number of benzene rings is 1. The Morgan fingerprint density at radius 3 is 2.76 bits per heavy atom. The Balaban J connectivity index is 1.73. The van der Waals surface area contributed by atoms with E-state index in [1.54, 1.807) is 11.0 Å². The van der Waals surface area contributed by atoms with Crippen LogP contribution < -0.4 is 5.73 Å². The molecule has 1 aromatic heterocycles. The molecule has 0 spiro atoms. The van der Waals surface area contributed by atoms with Crippen LogP contribution in [-0.2, 0) is 7.05 Å². The van der Waals surface area contributed by atoms with Gasteiger partial charge in [-0.05, 0) is 23.8 Å². The van der Waals surface area contributed by atoms with Crippen molar-refractivity contribution in [3.05, 3.63) is 47.8 Å². The molecule has 0 saturated heterocycles. The molecule has 3 rings (SSSR count). The first kappa shape index (κ1) is 10.5. The van der Waals surface area contributed by atoms with Crippen LogP contribution in [0.3, 0.4) is 0 Å². The van der Waals surface area contributed by atoms with E-state index in [0.717, 1.165) is 12.1 Å². The third-order valence-corrected chi connectivity index (χ3v) is 3.49. The van der Waals surface area contributed by atoms with E-state index >= 15 is 0 Å². The molecule has 1 heterocycles. The van der Waals surface area contributed by atoms with Crippen molar-refractivity contribution >= 4 is 0 Å². The minimum absolute atomic E-state index is 0.00825. The number of hydrogen-bond donors (Lipinski definition) is 1. The first-order valence-corrected chi connectivity index (χ1v) is 5.92. The Labute approximate surface area is 100 Å². The summed E-state index contributed by atoms with van der Waals surface area (Å²) in [7, 11) is 1.82. The van der Waals surface area contributed by atoms with Gasteiger partial charge in [-0.25, -0.2) is 0 Å². The van der Waals surface area contributed by atoms with Crippen LogP contribution in [0.1, 0.15) is 29.6 Å². The van der Waals surface area contributed by atoms with Gasteiger partial charge in [0.05, 0.1) is 17.9 Å². The zero-order chi connectivity index (χ0) is 11.8. The summed E-state index contributed by atoms with van der Waals surface area (Å²) in [5, 5.41) is 8.35. The smallest absolute Gasteiger partial charge is 0.0997 e. The Morgan fingerprint density at radius 2 is 2.12 bits per heavy atom. The standard InChI is InChI=1S/C13H16N4/c1-17-15-8-12(16-17)13(14)11-7-10(11)9-5-3-2-4-6-9/h2-6,8,10-11,13H,7,14H2,1H3. The number of rotatable bonds is 3. The lowest BCUT2D eigenvalue weighted by atomic mass is 10.0. The molecular weight excluding hydrogens is 212 g/mol. The van der Waals surface area contributed by atoms with Gasteiger partial charge in [0.25, 0.3) is 0 Å². The van der Waals surface area contributed by atoms with Crippen molar-refractivity contribution in [2.75, 3.05) is 0 Å². The average Bonchev–Trinajstić information content (AvgIpc) is 3.05. The molecule has 88 valence electrons. The predicted octanol–water partition coefficient (Wildman–Crippen LogP) is 1.62. The fourth-order valence-corrected chi connectivity index (χ4v) is 2.43. The molecule has 2 aromatic rings. The maximum atomic E-state index is 6.23. The Morgan fingerprint density at radius 1 is 1.35 bits per heavy atom. The Kier molecular flexibility index (Phi) is 2.44. The first-order valence-electron chi connectivity index (χ1n) is 5.92. The van der Waals surface area contributed by atoms with Crippen LogP contribution in [0.5, 0.6) is 0 Å². The van der Waals surface area contributed by atoms with Crippen LogP contribution in [0.4, 0.5) is 0 Å². The molecule has 0 amide bonds. The van der Waals surface area contributed by atoms with Crippen molar-refractivity contribution in [3.63, 3.8) is 0 Å². The van der Waals surface area contributed by atoms with Crippen molar-refractivity contribution in [2.45, 2.75) is 18.4 Å². The largest absolute Gasteiger partial charge is 0.322 e. The van der Waals surface area contributed by atoms with Crippen LogP contribution >= 0.6 is 0 Å². The van der Waals surface area contributed by atoms with Crippen molar-refractivity contribution in [1.29, 1.82) is 0 Å². The van der Waals surface area contributed by atoms with Crippen LogP contribution in [0.15, 0.2) is 36.5 Å². The molecule has 2 N–H and O–H groups in total. The molecule has 0 radical (unpaired) electrons. The summed E-state index contributed by atoms with van der Waals surface area (Å²) >= 11 is 0. The van der Waals surface area contributed by atoms with E-state index in [1.807, 2.05) is 13.1 Å². The van der Waals surface area contributed by atoms with Gasteiger partial charge in [-0.15, -0.1) is 0 Å². The third-order valence-electron chi connectivity index (χ3n) is 3.49. The summed E-state index contributed by atoms with van der Waals surface area (Å²) in [5.74, 6) is 1.10. The van der Waals surface area contributed by atoms with E-state index in [-0.39, 0.29) is 6.04 Å². The number of nitrogens with zero attached hydrogens (tertiary/aromatic N) is 3. The van der Waals surface area contributed by atoms with Crippen molar-refractivity contribution < 1.29 is 0 Å². The van der Waals surface area contributed by atoms with Gasteiger partial charge in [0.1, 0.15) is 0 Å². The van der Waals surface area contributed by atoms with Crippen molar-refractivity contribution in [2.24, 2.45) is 18.7 Å². The van der Waals surface area contributed by atoms with E-state index in [4.69, 9.17) is 5.73 Å². The summed E-state index contributed by atoms with van der Waals surface area (Å²) in [6.45, 7) is 0. The summed E-state index contributed by atoms with van der Waals surface area (Å²) < 4.78 is 0. The van der Waals surface area contributed by atoms with Gasteiger partial charge in [0.2, 0.25) is 0 Å². The second kappa shape index (κ2) is 3.96. The molecule has 1 fully saturated rings. The normalized spacial score (nSPS) is 24.6. The number of aryl methyl sites for hydroxylation is 1. The summed E-state index contributed by atoms with van der Waals surface area (Å²) in [6.07, 6.45) is 2.92. The van der Waals surface area contributed by atoms with E-state index in [2.05, 4.69) is 34.5 Å². The topological polar surface area (TPSA) is 56.7 Å². The highest BCUT2D eigenvalue weighted by molar-refractivity contribution is 5.27. The second-order valence-corrected chi connectivity index (χ2v) is 4.70. The molecule has 4 nitrogen and oxygen atoms in total. The summed E-state index contributed by atoms with van der Waals surface area (Å²) in [6, 6.07) is 10.6. The molecule has 4 heteroatoms. The van der Waals surface area contributed by atoms with Gasteiger partial charge in [-0.3, -0.25) is 0 Å². The minimum Gasteiger partial charge on any atom is -0.322 e.